The highest BCUT2D eigenvalue weighted by atomic mass is 31.3. The van der Waals surface area contributed by atoms with Crippen LogP contribution in [0.2, 0.25) is 0 Å². The second kappa shape index (κ2) is 37.6. The van der Waals surface area contributed by atoms with Crippen LogP contribution in [0, 0.1) is 0 Å². The van der Waals surface area contributed by atoms with E-state index in [0.717, 1.165) is 75.0 Å². The van der Waals surface area contributed by atoms with Crippen molar-refractivity contribution in [1.82, 2.24) is 9.55 Å². The molecule has 0 radical (unpaired) electrons. The predicted molar refractivity (Wildman–Crippen MR) is 271 cm³/mol. The van der Waals surface area contributed by atoms with Gasteiger partial charge in [0.25, 0.3) is 0 Å². The van der Waals surface area contributed by atoms with Gasteiger partial charge in [0.15, 0.2) is 12.3 Å². The van der Waals surface area contributed by atoms with Crippen molar-refractivity contribution in [3.63, 3.8) is 0 Å². The number of aliphatic hydroxyl groups excluding tert-OH is 3. The lowest BCUT2D eigenvalue weighted by Crippen LogP contribution is -2.36. The molecule has 0 aliphatic carbocycles. The Morgan fingerprint density at radius 3 is 1.99 bits per heavy atom. The summed E-state index contributed by atoms with van der Waals surface area (Å²) in [4.78, 5) is 61.8. The van der Waals surface area contributed by atoms with E-state index in [1.165, 1.54) is 37.8 Å². The number of anilines is 1. The molecule has 1 aliphatic rings. The number of carbonyl (C=O) groups is 2. The number of hydrogen-bond donors (Lipinski definition) is 6. The zero-order valence-corrected chi connectivity index (χ0v) is 43.1. The molecule has 0 aromatic carbocycles. The van der Waals surface area contributed by atoms with Gasteiger partial charge in [-0.05, 0) is 76.7 Å². The Labute approximate surface area is 419 Å². The Morgan fingerprint density at radius 1 is 0.761 bits per heavy atom. The van der Waals surface area contributed by atoms with Crippen LogP contribution >= 0.6 is 15.6 Å². The van der Waals surface area contributed by atoms with Crippen molar-refractivity contribution in [1.29, 1.82) is 0 Å². The molecule has 2 heterocycles. The summed E-state index contributed by atoms with van der Waals surface area (Å²) in [6.45, 7) is 1.76. The van der Waals surface area contributed by atoms with Crippen LogP contribution in [-0.2, 0) is 46.3 Å². The van der Waals surface area contributed by atoms with Crippen molar-refractivity contribution < 1.29 is 71.4 Å². The van der Waals surface area contributed by atoms with Gasteiger partial charge in [0.05, 0.1) is 19.3 Å². The number of rotatable bonds is 39. The molecule has 1 aromatic heterocycles. The van der Waals surface area contributed by atoms with Gasteiger partial charge in [0.2, 0.25) is 0 Å². The summed E-state index contributed by atoms with van der Waals surface area (Å²) in [5, 5.41) is 31.3. The lowest BCUT2D eigenvalue weighted by Gasteiger charge is -2.21. The lowest BCUT2D eigenvalue weighted by atomic mass is 10.1. The van der Waals surface area contributed by atoms with Gasteiger partial charge in [-0.25, -0.2) is 13.9 Å². The summed E-state index contributed by atoms with van der Waals surface area (Å²) in [6, 6.07) is 1.23. The van der Waals surface area contributed by atoms with E-state index >= 15 is 0 Å². The first-order chi connectivity index (χ1) is 34.1. The Morgan fingerprint density at radius 2 is 1.35 bits per heavy atom. The van der Waals surface area contributed by atoms with Gasteiger partial charge in [-0.15, -0.1) is 0 Å². The molecule has 0 amide bonds. The summed E-state index contributed by atoms with van der Waals surface area (Å²) in [7, 11) is -11.0. The van der Waals surface area contributed by atoms with E-state index in [2.05, 4.69) is 77.8 Å². The van der Waals surface area contributed by atoms with Gasteiger partial charge in [-0.1, -0.05) is 137 Å². The minimum atomic E-state index is -5.49. The molecule has 2 rings (SSSR count). The molecule has 1 aliphatic heterocycles. The summed E-state index contributed by atoms with van der Waals surface area (Å²) < 4.78 is 56.5. The van der Waals surface area contributed by atoms with Gasteiger partial charge in [-0.2, -0.15) is 9.29 Å². The minimum absolute atomic E-state index is 0.0554. The average molecular weight is 1040 g/mol. The van der Waals surface area contributed by atoms with Crippen molar-refractivity contribution in [3.05, 3.63) is 108 Å². The number of hydrogen-bond acceptors (Lipinski definition) is 16. The first kappa shape index (κ1) is 63.0. The van der Waals surface area contributed by atoms with Gasteiger partial charge in [0.1, 0.15) is 30.7 Å². The van der Waals surface area contributed by atoms with E-state index in [1.807, 2.05) is 12.2 Å². The van der Waals surface area contributed by atoms with Crippen LogP contribution in [0.1, 0.15) is 142 Å². The van der Waals surface area contributed by atoms with E-state index in [0.29, 0.717) is 12.8 Å². The van der Waals surface area contributed by atoms with Crippen LogP contribution in [0.15, 0.2) is 102 Å². The number of nitrogen functional groups attached to an aromatic ring is 1. The van der Waals surface area contributed by atoms with Gasteiger partial charge >= 0.3 is 33.3 Å². The fourth-order valence-corrected chi connectivity index (χ4v) is 8.82. The molecular weight excluding hydrogens is 961 g/mol. The van der Waals surface area contributed by atoms with E-state index < -0.39 is 89.8 Å². The molecule has 21 heteroatoms. The number of phosphoric acid groups is 2. The maximum atomic E-state index is 12.9. The fraction of sp³-hybridized carbons (Fsp3) is 0.600. The van der Waals surface area contributed by atoms with Gasteiger partial charge in [0, 0.05) is 19.0 Å². The fourth-order valence-electron chi connectivity index (χ4n) is 6.71. The molecule has 1 aromatic rings. The maximum absolute atomic E-state index is 12.9. The molecule has 1 saturated heterocycles. The van der Waals surface area contributed by atoms with Crippen molar-refractivity contribution in [2.24, 2.45) is 0 Å². The third kappa shape index (κ3) is 30.5. The number of esters is 2. The van der Waals surface area contributed by atoms with Crippen LogP contribution in [0.25, 0.3) is 0 Å². The topological polar surface area (TPSA) is 286 Å². The molecule has 0 bridgehead atoms. The summed E-state index contributed by atoms with van der Waals surface area (Å²) in [5.41, 5.74) is 4.56. The first-order valence-electron chi connectivity index (χ1n) is 24.7. The van der Waals surface area contributed by atoms with E-state index in [4.69, 9.17) is 29.0 Å². The van der Waals surface area contributed by atoms with Gasteiger partial charge < -0.3 is 45.1 Å². The Bertz CT molecular complexity index is 2040. The summed E-state index contributed by atoms with van der Waals surface area (Å²) >= 11 is 0. The molecule has 7 N–H and O–H groups in total. The monoisotopic (exact) mass is 1040 g/mol. The highest BCUT2D eigenvalue weighted by Crippen LogP contribution is 2.60. The quantitative estimate of drug-likeness (QED) is 0.0118. The van der Waals surface area contributed by atoms with Gasteiger partial charge in [-0.3, -0.25) is 23.2 Å². The number of carbonyl (C=O) groups excluding carboxylic acids is 2. The van der Waals surface area contributed by atoms with Crippen molar-refractivity contribution in [3.8, 4) is 0 Å². The largest absolute Gasteiger partial charge is 0.481 e. The number of phosphoric ester groups is 2. The highest BCUT2D eigenvalue weighted by molar-refractivity contribution is 7.61. The molecule has 0 spiro atoms. The SMILES string of the molecule is CC/C=C\C/C=C\C/C=C\C/C=C\C/C=C\C=C/C(O)CCC(=O)O[C@H](COC(=O)CCCCCCC/C=C\CCCCCC)COP(=O)(O)OP(=O)(O)OC[C@H]1O[C@@H](n2ccc(N)nc2=O)[C@H](O)[C@@H]1O. The minimum Gasteiger partial charge on any atom is -0.462 e. The zero-order valence-electron chi connectivity index (χ0n) is 41.4. The van der Waals surface area contributed by atoms with Crippen LogP contribution < -0.4 is 11.4 Å². The lowest BCUT2D eigenvalue weighted by molar-refractivity contribution is -0.161. The maximum Gasteiger partial charge on any atom is 0.481 e. The number of aliphatic hydroxyl groups is 3. The first-order valence-corrected chi connectivity index (χ1v) is 27.7. The molecule has 0 saturated carbocycles. The zero-order chi connectivity index (χ0) is 52.2. The molecule has 19 nitrogen and oxygen atoms in total. The number of aromatic nitrogens is 2. The van der Waals surface area contributed by atoms with E-state index in [1.54, 1.807) is 12.2 Å². The molecule has 400 valence electrons. The Balaban J connectivity index is 1.89. The number of allylic oxidation sites excluding steroid dienone is 13. The third-order valence-electron chi connectivity index (χ3n) is 10.6. The van der Waals surface area contributed by atoms with E-state index in [9.17, 15) is 48.6 Å². The normalized spacial score (nSPS) is 20.3. The second-order valence-corrected chi connectivity index (χ2v) is 19.8. The number of nitrogens with zero attached hydrogens (tertiary/aromatic N) is 2. The molecule has 71 heavy (non-hydrogen) atoms. The van der Waals surface area contributed by atoms with Crippen molar-refractivity contribution in [2.75, 3.05) is 25.6 Å². The van der Waals surface area contributed by atoms with Crippen LogP contribution in [-0.4, -0.2) is 96.9 Å². The highest BCUT2D eigenvalue weighted by Gasteiger charge is 2.46. The number of ether oxygens (including phenoxy) is 3. The predicted octanol–water partition coefficient (Wildman–Crippen LogP) is 8.86. The third-order valence-corrected chi connectivity index (χ3v) is 13.2. The van der Waals surface area contributed by atoms with Crippen molar-refractivity contribution >= 4 is 33.4 Å². The standard InChI is InChI=1S/C50H79N3O16P2/c1-3-5-7-9-11-13-15-17-18-19-21-22-24-26-28-30-32-41(54)34-35-46(56)67-42(38-64-45(55)33-31-29-27-25-23-20-16-14-12-10-8-6-4-2)39-65-70(60,61)69-71(62,63)66-40-43-47(57)48(58)49(68-43)53-37-36-44(51)52-50(53)59/h5,7,11,13-14,16-18,21-22,26,28,30,32,36-37,41-43,47-49,54,57-58H,3-4,6,8-10,12,15,19-20,23-25,27,29,31,33-35,38-40H2,1-2H3,(H,60,61)(H,62,63)(H2,51,52,59)/b7-5-,13-11-,16-14-,18-17-,22-21-,28-26-,32-30-/t41?,42-,43-,47-,48-,49-/m1/s1. The number of unbranched alkanes of at least 4 members (excludes halogenated alkanes) is 9. The average Bonchev–Trinajstić information content (AvgIpc) is 3.60. The second-order valence-electron chi connectivity index (χ2n) is 16.8. The van der Waals surface area contributed by atoms with Crippen LogP contribution in [0.5, 0.6) is 0 Å². The molecule has 3 unspecified atom stereocenters. The van der Waals surface area contributed by atoms with Crippen LogP contribution in [0.3, 0.4) is 0 Å². The summed E-state index contributed by atoms with van der Waals surface area (Å²) in [5.74, 6) is -1.61. The van der Waals surface area contributed by atoms with Crippen molar-refractivity contribution in [2.45, 2.75) is 173 Å². The molecule has 1 fully saturated rings. The summed E-state index contributed by atoms with van der Waals surface area (Å²) in [6.07, 6.45) is 35.7. The Kier molecular flexibility index (Phi) is 33.4. The molecular formula is C50H79N3O16P2. The smallest absolute Gasteiger partial charge is 0.462 e. The molecule has 8 atom stereocenters. The van der Waals surface area contributed by atoms with E-state index in [-0.39, 0.29) is 25.1 Å². The Hall–Kier alpha value is -4.10. The van der Waals surface area contributed by atoms with Crippen LogP contribution in [0.4, 0.5) is 5.82 Å². The number of nitrogens with two attached hydrogens (primary N) is 1.